The molecule has 6 heteroatoms. The van der Waals surface area contributed by atoms with Crippen molar-refractivity contribution in [1.82, 2.24) is 5.09 Å². The van der Waals surface area contributed by atoms with Crippen molar-refractivity contribution in [3.05, 3.63) is 30.3 Å². The van der Waals surface area contributed by atoms with Gasteiger partial charge in [-0.25, -0.2) is 5.09 Å². The van der Waals surface area contributed by atoms with Gasteiger partial charge in [-0.2, -0.15) is 0 Å². The Morgan fingerprint density at radius 3 is 2.35 bits per heavy atom. The molecular weight excluding hydrogens is 277 g/mol. The van der Waals surface area contributed by atoms with Gasteiger partial charge >= 0.3 is 13.5 Å². The summed E-state index contributed by atoms with van der Waals surface area (Å²) < 4.78 is 23.2. The molecule has 0 aliphatic carbocycles. The lowest BCUT2D eigenvalue weighted by molar-refractivity contribution is -0.149. The van der Waals surface area contributed by atoms with E-state index in [1.54, 1.807) is 52.0 Å². The lowest BCUT2D eigenvalue weighted by atomic mass is 10.3. The number of hydrogen-bond donors (Lipinski definition) is 1. The van der Waals surface area contributed by atoms with E-state index in [1.165, 1.54) is 0 Å². The van der Waals surface area contributed by atoms with Gasteiger partial charge in [-0.3, -0.25) is 9.36 Å². The highest BCUT2D eigenvalue weighted by atomic mass is 31.2. The van der Waals surface area contributed by atoms with E-state index < -0.39 is 19.5 Å². The standard InChI is InChI=1S/C14H22NO4P/c1-5-20(17,19-13-9-7-6-8-10-13)15-12(4)14(16)18-11(2)3/h6-12H,5H2,1-4H3,(H,15,17)/t12-,20+/m1/s1. The van der Waals surface area contributed by atoms with Crippen LogP contribution in [0.15, 0.2) is 30.3 Å². The molecule has 0 bridgehead atoms. The second kappa shape index (κ2) is 7.46. The maximum absolute atomic E-state index is 12.6. The molecule has 1 rings (SSSR count). The van der Waals surface area contributed by atoms with Gasteiger partial charge in [-0.15, -0.1) is 0 Å². The van der Waals surface area contributed by atoms with E-state index in [4.69, 9.17) is 9.26 Å². The Hall–Kier alpha value is -1.32. The number of ether oxygens (including phenoxy) is 1. The highest BCUT2D eigenvalue weighted by Crippen LogP contribution is 2.42. The minimum Gasteiger partial charge on any atom is -0.462 e. The van der Waals surface area contributed by atoms with Crippen LogP contribution in [-0.4, -0.2) is 24.3 Å². The van der Waals surface area contributed by atoms with Gasteiger partial charge in [0.15, 0.2) is 0 Å². The van der Waals surface area contributed by atoms with E-state index in [9.17, 15) is 9.36 Å². The number of esters is 1. The zero-order valence-electron chi connectivity index (χ0n) is 12.3. The number of nitrogens with one attached hydrogen (secondary N) is 1. The average Bonchev–Trinajstić information content (AvgIpc) is 2.39. The fourth-order valence-electron chi connectivity index (χ4n) is 1.52. The third kappa shape index (κ3) is 5.35. The smallest absolute Gasteiger partial charge is 0.323 e. The summed E-state index contributed by atoms with van der Waals surface area (Å²) in [5, 5.41) is 2.76. The van der Waals surface area contributed by atoms with E-state index in [1.807, 2.05) is 6.07 Å². The second-order valence-electron chi connectivity index (χ2n) is 4.73. The van der Waals surface area contributed by atoms with Crippen molar-refractivity contribution in [3.63, 3.8) is 0 Å². The lowest BCUT2D eigenvalue weighted by Gasteiger charge is -2.23. The van der Waals surface area contributed by atoms with Crippen LogP contribution in [0, 0.1) is 0 Å². The maximum atomic E-state index is 12.6. The van der Waals surface area contributed by atoms with Crippen molar-refractivity contribution in [3.8, 4) is 5.75 Å². The molecule has 0 heterocycles. The predicted octanol–water partition coefficient (Wildman–Crippen LogP) is 3.21. The van der Waals surface area contributed by atoms with Gasteiger partial charge in [0.1, 0.15) is 11.8 Å². The van der Waals surface area contributed by atoms with E-state index in [0.29, 0.717) is 5.75 Å². The van der Waals surface area contributed by atoms with Crippen molar-refractivity contribution >= 4 is 13.5 Å². The first-order valence-electron chi connectivity index (χ1n) is 6.68. The van der Waals surface area contributed by atoms with E-state index >= 15 is 0 Å². The monoisotopic (exact) mass is 299 g/mol. The normalized spacial score (nSPS) is 15.4. The van der Waals surface area contributed by atoms with Crippen molar-refractivity contribution < 1.29 is 18.6 Å². The molecule has 1 N–H and O–H groups in total. The highest BCUT2D eigenvalue weighted by Gasteiger charge is 2.28. The van der Waals surface area contributed by atoms with Crippen molar-refractivity contribution in [2.45, 2.75) is 39.8 Å². The van der Waals surface area contributed by atoms with Gasteiger partial charge in [0.2, 0.25) is 0 Å². The summed E-state index contributed by atoms with van der Waals surface area (Å²) in [5.41, 5.74) is 0. The number of para-hydroxylation sites is 1. The minimum atomic E-state index is -3.13. The fourth-order valence-corrected chi connectivity index (χ4v) is 3.04. The Morgan fingerprint density at radius 2 is 1.85 bits per heavy atom. The van der Waals surface area contributed by atoms with Gasteiger partial charge in [-0.1, -0.05) is 25.1 Å². The summed E-state index contributed by atoms with van der Waals surface area (Å²) in [7, 11) is -3.13. The molecule has 1 aromatic rings. The van der Waals surface area contributed by atoms with Crippen LogP contribution in [0.2, 0.25) is 0 Å². The van der Waals surface area contributed by atoms with Gasteiger partial charge in [0.25, 0.3) is 0 Å². The summed E-state index contributed by atoms with van der Waals surface area (Å²) in [4.78, 5) is 11.7. The van der Waals surface area contributed by atoms with Crippen molar-refractivity contribution in [2.24, 2.45) is 0 Å². The molecular formula is C14H22NO4P. The Morgan fingerprint density at radius 1 is 1.25 bits per heavy atom. The first-order chi connectivity index (χ1) is 9.36. The third-order valence-corrected chi connectivity index (χ3v) is 4.63. The maximum Gasteiger partial charge on any atom is 0.323 e. The number of benzene rings is 1. The molecule has 0 radical (unpaired) electrons. The number of carbonyl (C=O) groups is 1. The molecule has 112 valence electrons. The molecule has 0 aromatic heterocycles. The van der Waals surface area contributed by atoms with Crippen molar-refractivity contribution in [2.75, 3.05) is 6.16 Å². The molecule has 1 aromatic carbocycles. The summed E-state index contributed by atoms with van der Waals surface area (Å²) in [6.07, 6.45) is 0.0732. The van der Waals surface area contributed by atoms with E-state index in [-0.39, 0.29) is 12.3 Å². The summed E-state index contributed by atoms with van der Waals surface area (Å²) >= 11 is 0. The summed E-state index contributed by atoms with van der Waals surface area (Å²) in [5.74, 6) is 0.0694. The molecule has 2 atom stereocenters. The van der Waals surface area contributed by atoms with Crippen LogP contribution in [0.4, 0.5) is 0 Å². The Kier molecular flexibility index (Phi) is 6.24. The number of rotatable bonds is 7. The molecule has 0 saturated carbocycles. The first kappa shape index (κ1) is 16.7. The predicted molar refractivity (Wildman–Crippen MR) is 79.0 cm³/mol. The van der Waals surface area contributed by atoms with Crippen molar-refractivity contribution in [1.29, 1.82) is 0 Å². The molecule has 20 heavy (non-hydrogen) atoms. The Labute approximate surface area is 120 Å². The minimum absolute atomic E-state index is 0.206. The molecule has 0 spiro atoms. The van der Waals surface area contributed by atoms with Gasteiger partial charge in [0, 0.05) is 6.16 Å². The van der Waals surface area contributed by atoms with Crippen LogP contribution < -0.4 is 9.61 Å². The SMILES string of the molecule is CC[P@@](=O)(N[C@H](C)C(=O)OC(C)C)Oc1ccccc1. The van der Waals surface area contributed by atoms with Gasteiger partial charge in [0.05, 0.1) is 6.10 Å². The zero-order chi connectivity index (χ0) is 15.2. The lowest BCUT2D eigenvalue weighted by Crippen LogP contribution is -2.36. The van der Waals surface area contributed by atoms with Gasteiger partial charge < -0.3 is 9.26 Å². The molecule has 5 nitrogen and oxygen atoms in total. The van der Waals surface area contributed by atoms with Crippen LogP contribution in [0.5, 0.6) is 5.75 Å². The topological polar surface area (TPSA) is 64.6 Å². The Balaban J connectivity index is 2.70. The third-order valence-electron chi connectivity index (χ3n) is 2.51. The van der Waals surface area contributed by atoms with Crippen LogP contribution in [0.25, 0.3) is 0 Å². The van der Waals surface area contributed by atoms with E-state index in [2.05, 4.69) is 5.09 Å². The fraction of sp³-hybridized carbons (Fsp3) is 0.500. The highest BCUT2D eigenvalue weighted by molar-refractivity contribution is 7.57. The zero-order valence-corrected chi connectivity index (χ0v) is 13.2. The van der Waals surface area contributed by atoms with Crippen LogP contribution in [0.1, 0.15) is 27.7 Å². The van der Waals surface area contributed by atoms with E-state index in [0.717, 1.165) is 0 Å². The molecule has 0 aliphatic heterocycles. The molecule has 0 unspecified atom stereocenters. The quantitative estimate of drug-likeness (QED) is 0.618. The Bertz CT molecular complexity index is 475. The number of hydrogen-bond acceptors (Lipinski definition) is 4. The molecule has 0 aliphatic rings. The van der Waals surface area contributed by atoms with Crippen LogP contribution >= 0.6 is 7.52 Å². The first-order valence-corrected chi connectivity index (χ1v) is 8.49. The molecule has 0 fully saturated rings. The second-order valence-corrected chi connectivity index (χ2v) is 7.15. The summed E-state index contributed by atoms with van der Waals surface area (Å²) in [6.45, 7) is 6.90. The van der Waals surface area contributed by atoms with Gasteiger partial charge in [-0.05, 0) is 32.9 Å². The average molecular weight is 299 g/mol. The van der Waals surface area contributed by atoms with Crippen LogP contribution in [-0.2, 0) is 14.1 Å². The van der Waals surface area contributed by atoms with Crippen LogP contribution in [0.3, 0.4) is 0 Å². The molecule has 0 amide bonds. The largest absolute Gasteiger partial charge is 0.462 e. The summed E-state index contributed by atoms with van der Waals surface area (Å²) in [6, 6.07) is 8.20. The molecule has 0 saturated heterocycles. The number of carbonyl (C=O) groups excluding carboxylic acids is 1.